The highest BCUT2D eigenvalue weighted by Crippen LogP contribution is 2.24. The van der Waals surface area contributed by atoms with E-state index in [4.69, 9.17) is 11.6 Å². The molecule has 2 nitrogen and oxygen atoms in total. The van der Waals surface area contributed by atoms with Gasteiger partial charge in [-0.05, 0) is 51.3 Å². The minimum absolute atomic E-state index is 0.110. The lowest BCUT2D eigenvalue weighted by molar-refractivity contribution is 0.424. The van der Waals surface area contributed by atoms with Crippen LogP contribution in [0.5, 0.6) is 0 Å². The lowest BCUT2D eigenvalue weighted by Crippen LogP contribution is -2.35. The van der Waals surface area contributed by atoms with Gasteiger partial charge in [0.1, 0.15) is 0 Å². The van der Waals surface area contributed by atoms with Crippen molar-refractivity contribution in [2.75, 3.05) is 18.0 Å². The van der Waals surface area contributed by atoms with Gasteiger partial charge < -0.3 is 10.2 Å². The first kappa shape index (κ1) is 17.3. The molecule has 1 aromatic rings. The molecule has 0 radical (unpaired) electrons. The van der Waals surface area contributed by atoms with Crippen LogP contribution < -0.4 is 10.2 Å². The molecule has 0 aliphatic rings. The van der Waals surface area contributed by atoms with Crippen LogP contribution in [0, 0.1) is 0 Å². The van der Waals surface area contributed by atoms with Gasteiger partial charge in [-0.25, -0.2) is 0 Å². The van der Waals surface area contributed by atoms with Gasteiger partial charge in [-0.1, -0.05) is 31.5 Å². The van der Waals surface area contributed by atoms with E-state index >= 15 is 0 Å². The maximum absolute atomic E-state index is 6.44. The highest BCUT2D eigenvalue weighted by atomic mass is 35.5. The SMILES string of the molecule is CCCN(CCC)c1ccc(CNC(C)(C)C)c(Cl)c1. The summed E-state index contributed by atoms with van der Waals surface area (Å²) >= 11 is 6.44. The van der Waals surface area contributed by atoms with Crippen LogP contribution in [0.3, 0.4) is 0 Å². The Hall–Kier alpha value is -0.730. The summed E-state index contributed by atoms with van der Waals surface area (Å²) in [4.78, 5) is 2.41. The Kier molecular flexibility index (Phi) is 6.84. The van der Waals surface area contributed by atoms with Crippen LogP contribution in [0.1, 0.15) is 53.0 Å². The Morgan fingerprint density at radius 2 is 1.70 bits per heavy atom. The molecule has 0 heterocycles. The van der Waals surface area contributed by atoms with Crippen LogP contribution in [0.2, 0.25) is 5.02 Å². The molecule has 114 valence electrons. The van der Waals surface area contributed by atoms with Gasteiger partial charge in [0.15, 0.2) is 0 Å². The molecule has 0 amide bonds. The number of anilines is 1. The van der Waals surface area contributed by atoms with E-state index in [1.807, 2.05) is 0 Å². The van der Waals surface area contributed by atoms with Crippen LogP contribution in [-0.2, 0) is 6.54 Å². The second kappa shape index (κ2) is 7.90. The van der Waals surface area contributed by atoms with Crippen LogP contribution in [0.15, 0.2) is 18.2 Å². The van der Waals surface area contributed by atoms with Crippen molar-refractivity contribution in [1.29, 1.82) is 0 Å². The molecule has 3 heteroatoms. The fraction of sp³-hybridized carbons (Fsp3) is 0.647. The summed E-state index contributed by atoms with van der Waals surface area (Å²) in [7, 11) is 0. The maximum Gasteiger partial charge on any atom is 0.0471 e. The molecule has 0 saturated carbocycles. The molecule has 0 saturated heterocycles. The van der Waals surface area contributed by atoms with Crippen molar-refractivity contribution in [2.45, 2.75) is 59.5 Å². The molecule has 1 aromatic carbocycles. The van der Waals surface area contributed by atoms with Gasteiger partial charge in [-0.3, -0.25) is 0 Å². The van der Waals surface area contributed by atoms with Crippen LogP contribution in [0.4, 0.5) is 5.69 Å². The van der Waals surface area contributed by atoms with Gasteiger partial charge in [-0.15, -0.1) is 0 Å². The molecule has 0 spiro atoms. The molecular formula is C17H29ClN2. The second-order valence-electron chi connectivity index (χ2n) is 6.37. The minimum Gasteiger partial charge on any atom is -0.372 e. The zero-order valence-corrected chi connectivity index (χ0v) is 14.3. The number of rotatable bonds is 7. The monoisotopic (exact) mass is 296 g/mol. The number of hydrogen-bond donors (Lipinski definition) is 1. The fourth-order valence-corrected chi connectivity index (χ4v) is 2.39. The second-order valence-corrected chi connectivity index (χ2v) is 6.77. The van der Waals surface area contributed by atoms with Crippen molar-refractivity contribution in [2.24, 2.45) is 0 Å². The van der Waals surface area contributed by atoms with Gasteiger partial charge in [0.2, 0.25) is 0 Å². The van der Waals surface area contributed by atoms with Crippen LogP contribution in [-0.4, -0.2) is 18.6 Å². The van der Waals surface area contributed by atoms with E-state index in [0.29, 0.717) is 0 Å². The van der Waals surface area contributed by atoms with Gasteiger partial charge in [-0.2, -0.15) is 0 Å². The highest BCUT2D eigenvalue weighted by molar-refractivity contribution is 6.31. The van der Waals surface area contributed by atoms with Gasteiger partial charge >= 0.3 is 0 Å². The van der Waals surface area contributed by atoms with Crippen molar-refractivity contribution in [3.05, 3.63) is 28.8 Å². The van der Waals surface area contributed by atoms with Crippen molar-refractivity contribution in [1.82, 2.24) is 5.32 Å². The van der Waals surface area contributed by atoms with E-state index in [9.17, 15) is 0 Å². The Morgan fingerprint density at radius 1 is 1.10 bits per heavy atom. The smallest absolute Gasteiger partial charge is 0.0471 e. The van der Waals surface area contributed by atoms with E-state index < -0.39 is 0 Å². The quantitative estimate of drug-likeness (QED) is 0.773. The Labute approximate surface area is 129 Å². The molecule has 0 aromatic heterocycles. The molecule has 0 bridgehead atoms. The normalized spacial score (nSPS) is 11.7. The Morgan fingerprint density at radius 3 is 2.15 bits per heavy atom. The average molecular weight is 297 g/mol. The molecule has 20 heavy (non-hydrogen) atoms. The molecule has 0 aliphatic carbocycles. The minimum atomic E-state index is 0.110. The number of nitrogens with one attached hydrogen (secondary N) is 1. The lowest BCUT2D eigenvalue weighted by Gasteiger charge is -2.25. The molecule has 0 aliphatic heterocycles. The van der Waals surface area contributed by atoms with Crippen molar-refractivity contribution < 1.29 is 0 Å². The average Bonchev–Trinajstić information content (AvgIpc) is 2.36. The number of benzene rings is 1. The maximum atomic E-state index is 6.44. The van der Waals surface area contributed by atoms with Gasteiger partial charge in [0, 0.05) is 35.9 Å². The summed E-state index contributed by atoms with van der Waals surface area (Å²) < 4.78 is 0. The largest absolute Gasteiger partial charge is 0.372 e. The number of hydrogen-bond acceptors (Lipinski definition) is 2. The first-order chi connectivity index (χ1) is 9.37. The zero-order valence-electron chi connectivity index (χ0n) is 13.6. The molecule has 1 N–H and O–H groups in total. The van der Waals surface area contributed by atoms with E-state index in [0.717, 1.165) is 37.5 Å². The predicted octanol–water partition coefficient (Wildman–Crippen LogP) is 4.85. The van der Waals surface area contributed by atoms with E-state index in [2.05, 4.69) is 63.0 Å². The van der Waals surface area contributed by atoms with Crippen LogP contribution >= 0.6 is 11.6 Å². The zero-order chi connectivity index (χ0) is 15.2. The predicted molar refractivity (Wildman–Crippen MR) is 90.8 cm³/mol. The Bertz CT molecular complexity index is 404. The fourth-order valence-electron chi connectivity index (χ4n) is 2.15. The van der Waals surface area contributed by atoms with E-state index in [-0.39, 0.29) is 5.54 Å². The number of nitrogens with zero attached hydrogens (tertiary/aromatic N) is 1. The third-order valence-corrected chi connectivity index (χ3v) is 3.55. The van der Waals surface area contributed by atoms with Gasteiger partial charge in [0.05, 0.1) is 0 Å². The summed E-state index contributed by atoms with van der Waals surface area (Å²) in [5.74, 6) is 0. The molecule has 0 fully saturated rings. The number of halogens is 1. The van der Waals surface area contributed by atoms with Crippen molar-refractivity contribution >= 4 is 17.3 Å². The van der Waals surface area contributed by atoms with E-state index in [1.165, 1.54) is 11.3 Å². The molecular weight excluding hydrogens is 268 g/mol. The summed E-state index contributed by atoms with van der Waals surface area (Å²) in [5.41, 5.74) is 2.51. The topological polar surface area (TPSA) is 15.3 Å². The third-order valence-electron chi connectivity index (χ3n) is 3.20. The molecule has 0 unspecified atom stereocenters. The van der Waals surface area contributed by atoms with E-state index in [1.54, 1.807) is 0 Å². The highest BCUT2D eigenvalue weighted by Gasteiger charge is 2.11. The van der Waals surface area contributed by atoms with Crippen molar-refractivity contribution in [3.8, 4) is 0 Å². The summed E-state index contributed by atoms with van der Waals surface area (Å²) in [6.07, 6.45) is 2.32. The summed E-state index contributed by atoms with van der Waals surface area (Å²) in [5, 5.41) is 4.34. The standard InChI is InChI=1S/C17H29ClN2/c1-6-10-20(11-7-2)15-9-8-14(16(18)12-15)13-19-17(3,4)5/h8-9,12,19H,6-7,10-11,13H2,1-5H3. The Balaban J connectivity index is 2.80. The first-order valence-corrected chi connectivity index (χ1v) is 8.03. The third kappa shape index (κ3) is 5.72. The first-order valence-electron chi connectivity index (χ1n) is 7.65. The molecule has 1 rings (SSSR count). The summed E-state index contributed by atoms with van der Waals surface area (Å²) in [6, 6.07) is 6.44. The lowest BCUT2D eigenvalue weighted by atomic mass is 10.1. The van der Waals surface area contributed by atoms with Crippen molar-refractivity contribution in [3.63, 3.8) is 0 Å². The summed E-state index contributed by atoms with van der Waals surface area (Å²) in [6.45, 7) is 13.9. The molecule has 0 atom stereocenters. The van der Waals surface area contributed by atoms with Crippen LogP contribution in [0.25, 0.3) is 0 Å². The van der Waals surface area contributed by atoms with Gasteiger partial charge in [0.25, 0.3) is 0 Å².